The maximum Gasteiger partial charge on any atom is 0.337 e. The molecule has 0 heterocycles. The Balaban J connectivity index is 1.57. The smallest absolute Gasteiger partial charge is 0.337 e. The molecule has 1 aromatic rings. The fourth-order valence-electron chi connectivity index (χ4n) is 3.70. The van der Waals surface area contributed by atoms with Crippen LogP contribution in [0.4, 0.5) is 0 Å². The lowest BCUT2D eigenvalue weighted by molar-refractivity contribution is -0.151. The van der Waals surface area contributed by atoms with E-state index >= 15 is 0 Å². The molecule has 2 aliphatic carbocycles. The lowest BCUT2D eigenvalue weighted by atomic mass is 9.89. The summed E-state index contributed by atoms with van der Waals surface area (Å²) in [5, 5.41) is 0. The summed E-state index contributed by atoms with van der Waals surface area (Å²) in [6, 6.07) is 7.01. The third-order valence-electron chi connectivity index (χ3n) is 4.77. The van der Waals surface area contributed by atoms with Crippen molar-refractivity contribution in [2.45, 2.75) is 32.3 Å². The molecule has 112 valence electrons. The second-order valence-corrected chi connectivity index (χ2v) is 6.08. The molecule has 4 heteroatoms. The standard InChI is InChI=1S/C17H20O4/c1-20-16(18)14-4-2-3-12(8-14)10-21-17(19)15-9-11-5-6-13(15)7-11/h2-4,8,11,13,15H,5-7,9-10H2,1H3. The highest BCUT2D eigenvalue weighted by atomic mass is 16.5. The van der Waals surface area contributed by atoms with Crippen molar-refractivity contribution >= 4 is 11.9 Å². The van der Waals surface area contributed by atoms with Crippen molar-refractivity contribution in [1.29, 1.82) is 0 Å². The molecule has 3 rings (SSSR count). The molecule has 2 saturated carbocycles. The second kappa shape index (κ2) is 5.88. The van der Waals surface area contributed by atoms with Gasteiger partial charge in [-0.15, -0.1) is 0 Å². The minimum Gasteiger partial charge on any atom is -0.465 e. The Hall–Kier alpha value is -1.84. The molecule has 0 aliphatic heterocycles. The quantitative estimate of drug-likeness (QED) is 0.799. The summed E-state index contributed by atoms with van der Waals surface area (Å²) in [6.45, 7) is 0.220. The van der Waals surface area contributed by atoms with Crippen LogP contribution in [-0.2, 0) is 20.9 Å². The number of rotatable bonds is 4. The lowest BCUT2D eigenvalue weighted by Gasteiger charge is -2.19. The van der Waals surface area contributed by atoms with Crippen molar-refractivity contribution in [3.05, 3.63) is 35.4 Å². The zero-order valence-corrected chi connectivity index (χ0v) is 12.2. The summed E-state index contributed by atoms with van der Waals surface area (Å²) in [7, 11) is 1.35. The first-order chi connectivity index (χ1) is 10.2. The van der Waals surface area contributed by atoms with Crippen LogP contribution in [0, 0.1) is 17.8 Å². The number of ether oxygens (including phenoxy) is 2. The number of esters is 2. The van der Waals surface area contributed by atoms with Crippen LogP contribution in [0.5, 0.6) is 0 Å². The van der Waals surface area contributed by atoms with Crippen molar-refractivity contribution in [1.82, 2.24) is 0 Å². The molecule has 0 radical (unpaired) electrons. The molecule has 2 fully saturated rings. The van der Waals surface area contributed by atoms with Gasteiger partial charge in [-0.3, -0.25) is 4.79 Å². The molecule has 21 heavy (non-hydrogen) atoms. The number of carbonyl (C=O) groups excluding carboxylic acids is 2. The van der Waals surface area contributed by atoms with E-state index in [0.717, 1.165) is 17.9 Å². The predicted molar refractivity (Wildman–Crippen MR) is 76.5 cm³/mol. The first kappa shape index (κ1) is 14.1. The van der Waals surface area contributed by atoms with Gasteiger partial charge >= 0.3 is 11.9 Å². The van der Waals surface area contributed by atoms with Gasteiger partial charge in [0, 0.05) is 0 Å². The highest BCUT2D eigenvalue weighted by Crippen LogP contribution is 2.48. The molecule has 4 nitrogen and oxygen atoms in total. The number of methoxy groups -OCH3 is 1. The van der Waals surface area contributed by atoms with Crippen molar-refractivity contribution < 1.29 is 19.1 Å². The average Bonchev–Trinajstić information content (AvgIpc) is 3.15. The third-order valence-corrected chi connectivity index (χ3v) is 4.77. The highest BCUT2D eigenvalue weighted by molar-refractivity contribution is 5.89. The summed E-state index contributed by atoms with van der Waals surface area (Å²) in [4.78, 5) is 23.6. The van der Waals surface area contributed by atoms with Gasteiger partial charge in [0.25, 0.3) is 0 Å². The molecule has 0 aromatic heterocycles. The van der Waals surface area contributed by atoms with E-state index in [1.54, 1.807) is 18.2 Å². The molecule has 0 spiro atoms. The normalized spacial score (nSPS) is 26.6. The van der Waals surface area contributed by atoms with E-state index in [1.165, 1.54) is 26.4 Å². The Labute approximate surface area is 124 Å². The molecule has 1 aromatic carbocycles. The Morgan fingerprint density at radius 1 is 1.24 bits per heavy atom. The van der Waals surface area contributed by atoms with Crippen LogP contribution in [0.2, 0.25) is 0 Å². The average molecular weight is 288 g/mol. The Morgan fingerprint density at radius 2 is 2.10 bits per heavy atom. The zero-order valence-electron chi connectivity index (χ0n) is 12.2. The zero-order chi connectivity index (χ0) is 14.8. The monoisotopic (exact) mass is 288 g/mol. The van der Waals surface area contributed by atoms with Crippen LogP contribution < -0.4 is 0 Å². The van der Waals surface area contributed by atoms with Crippen LogP contribution in [0.3, 0.4) is 0 Å². The second-order valence-electron chi connectivity index (χ2n) is 6.08. The van der Waals surface area contributed by atoms with Gasteiger partial charge in [0.2, 0.25) is 0 Å². The van der Waals surface area contributed by atoms with E-state index in [4.69, 9.17) is 4.74 Å². The number of hydrogen-bond acceptors (Lipinski definition) is 4. The predicted octanol–water partition coefficient (Wildman–Crippen LogP) is 2.95. The van der Waals surface area contributed by atoms with Crippen molar-refractivity contribution in [2.75, 3.05) is 7.11 Å². The summed E-state index contributed by atoms with van der Waals surface area (Å²) < 4.78 is 10.1. The summed E-state index contributed by atoms with van der Waals surface area (Å²) in [5.74, 6) is 0.897. The third kappa shape index (κ3) is 2.94. The number of fused-ring (bicyclic) bond motifs is 2. The number of hydrogen-bond donors (Lipinski definition) is 0. The molecular weight excluding hydrogens is 268 g/mol. The van der Waals surface area contributed by atoms with Gasteiger partial charge in [-0.1, -0.05) is 18.6 Å². The summed E-state index contributed by atoms with van der Waals surface area (Å²) >= 11 is 0. The van der Waals surface area contributed by atoms with E-state index < -0.39 is 0 Å². The molecule has 0 N–H and O–H groups in total. The largest absolute Gasteiger partial charge is 0.465 e. The van der Waals surface area contributed by atoms with Gasteiger partial charge in [-0.25, -0.2) is 4.79 Å². The van der Waals surface area contributed by atoms with Gasteiger partial charge in [-0.05, 0) is 48.8 Å². The first-order valence-electron chi connectivity index (χ1n) is 7.51. The fraction of sp³-hybridized carbons (Fsp3) is 0.529. The minimum absolute atomic E-state index is 0.0781. The molecule has 0 amide bonds. The molecule has 2 bridgehead atoms. The van der Waals surface area contributed by atoms with E-state index in [1.807, 2.05) is 6.07 Å². The van der Waals surface area contributed by atoms with E-state index in [0.29, 0.717) is 11.5 Å². The molecule has 3 atom stereocenters. The first-order valence-corrected chi connectivity index (χ1v) is 7.51. The molecule has 2 aliphatic rings. The maximum absolute atomic E-state index is 12.2. The van der Waals surface area contributed by atoms with Gasteiger partial charge in [0.1, 0.15) is 6.61 Å². The van der Waals surface area contributed by atoms with Crippen LogP contribution in [0.15, 0.2) is 24.3 Å². The number of benzene rings is 1. The topological polar surface area (TPSA) is 52.6 Å². The molecular formula is C17H20O4. The molecule has 3 unspecified atom stereocenters. The summed E-state index contributed by atoms with van der Waals surface area (Å²) in [5.41, 5.74) is 1.29. The van der Waals surface area contributed by atoms with Gasteiger partial charge in [0.05, 0.1) is 18.6 Å². The van der Waals surface area contributed by atoms with Crippen LogP contribution in [0.1, 0.15) is 41.6 Å². The van der Waals surface area contributed by atoms with Crippen LogP contribution >= 0.6 is 0 Å². The van der Waals surface area contributed by atoms with Crippen molar-refractivity contribution in [3.8, 4) is 0 Å². The van der Waals surface area contributed by atoms with Gasteiger partial charge in [-0.2, -0.15) is 0 Å². The highest BCUT2D eigenvalue weighted by Gasteiger charge is 2.43. The SMILES string of the molecule is COC(=O)c1cccc(COC(=O)C2CC3CCC2C3)c1. The van der Waals surface area contributed by atoms with E-state index in [2.05, 4.69) is 4.74 Å². The Morgan fingerprint density at radius 3 is 2.76 bits per heavy atom. The van der Waals surface area contributed by atoms with Crippen molar-refractivity contribution in [2.24, 2.45) is 17.8 Å². The maximum atomic E-state index is 12.2. The van der Waals surface area contributed by atoms with Crippen LogP contribution in [-0.4, -0.2) is 19.0 Å². The lowest BCUT2D eigenvalue weighted by Crippen LogP contribution is -2.23. The van der Waals surface area contributed by atoms with Crippen LogP contribution in [0.25, 0.3) is 0 Å². The molecule has 0 saturated heterocycles. The number of carbonyl (C=O) groups is 2. The van der Waals surface area contributed by atoms with E-state index in [-0.39, 0.29) is 24.5 Å². The van der Waals surface area contributed by atoms with Gasteiger partial charge in [0.15, 0.2) is 0 Å². The van der Waals surface area contributed by atoms with Crippen molar-refractivity contribution in [3.63, 3.8) is 0 Å². The Bertz CT molecular complexity index is 551. The van der Waals surface area contributed by atoms with E-state index in [9.17, 15) is 9.59 Å². The minimum atomic E-state index is -0.378. The summed E-state index contributed by atoms with van der Waals surface area (Å²) in [6.07, 6.45) is 4.63. The Kier molecular flexibility index (Phi) is 3.95. The van der Waals surface area contributed by atoms with Gasteiger partial charge < -0.3 is 9.47 Å². The fourth-order valence-corrected chi connectivity index (χ4v) is 3.70.